The summed E-state index contributed by atoms with van der Waals surface area (Å²) in [6.45, 7) is 8.02. The van der Waals surface area contributed by atoms with Crippen LogP contribution in [0, 0.1) is 6.92 Å². The summed E-state index contributed by atoms with van der Waals surface area (Å²) in [6.07, 6.45) is 0.438. The number of amides is 4. The number of nitrogens with zero attached hydrogens (tertiary/aromatic N) is 1. The van der Waals surface area contributed by atoms with Crippen LogP contribution in [0.1, 0.15) is 25.0 Å². The summed E-state index contributed by atoms with van der Waals surface area (Å²) in [6, 6.07) is 6.48. The summed E-state index contributed by atoms with van der Waals surface area (Å²) in [5.74, 6) is -1.91. The second-order valence-corrected chi connectivity index (χ2v) is 6.48. The van der Waals surface area contributed by atoms with E-state index in [1.54, 1.807) is 19.1 Å². The molecule has 1 heterocycles. The average molecular weight is 373 g/mol. The molecule has 2 atom stereocenters. The number of carbonyl (C=O) groups is 4. The largest absolute Gasteiger partial charge is 0.451 e. The van der Waals surface area contributed by atoms with Gasteiger partial charge in [-0.1, -0.05) is 35.9 Å². The lowest BCUT2D eigenvalue weighted by Crippen LogP contribution is -2.42. The van der Waals surface area contributed by atoms with Crippen LogP contribution in [0.4, 0.5) is 4.79 Å². The highest BCUT2D eigenvalue weighted by molar-refractivity contribution is 6.08. The maximum absolute atomic E-state index is 12.8. The van der Waals surface area contributed by atoms with E-state index in [1.165, 1.54) is 13.0 Å². The molecular weight excluding hydrogens is 350 g/mol. The van der Waals surface area contributed by atoms with Crippen molar-refractivity contribution < 1.29 is 23.9 Å². The molecule has 2 N–H and O–H groups in total. The van der Waals surface area contributed by atoms with E-state index in [-0.39, 0.29) is 6.54 Å². The molecule has 1 fully saturated rings. The molecule has 0 unspecified atom stereocenters. The fourth-order valence-electron chi connectivity index (χ4n) is 2.66. The van der Waals surface area contributed by atoms with Gasteiger partial charge in [0.1, 0.15) is 12.1 Å². The Bertz CT molecular complexity index is 774. The normalized spacial score (nSPS) is 20.0. The highest BCUT2D eigenvalue weighted by atomic mass is 16.5. The van der Waals surface area contributed by atoms with Gasteiger partial charge >= 0.3 is 12.0 Å². The number of carbonyl (C=O) groups excluding carboxylic acids is 4. The maximum atomic E-state index is 12.8. The molecule has 8 nitrogen and oxygen atoms in total. The maximum Gasteiger partial charge on any atom is 0.327 e. The number of nitrogens with one attached hydrogen (secondary N) is 2. The minimum absolute atomic E-state index is 0.239. The van der Waals surface area contributed by atoms with E-state index >= 15 is 0 Å². The van der Waals surface area contributed by atoms with E-state index in [4.69, 9.17) is 4.74 Å². The first-order chi connectivity index (χ1) is 12.7. The van der Waals surface area contributed by atoms with Crippen LogP contribution in [0.15, 0.2) is 36.9 Å². The number of urea groups is 1. The molecule has 0 bridgehead atoms. The van der Waals surface area contributed by atoms with Gasteiger partial charge in [0.05, 0.1) is 0 Å². The summed E-state index contributed by atoms with van der Waals surface area (Å²) < 4.78 is 5.00. The highest BCUT2D eigenvalue weighted by Crippen LogP contribution is 2.28. The molecule has 2 rings (SSSR count). The molecule has 1 aliphatic heterocycles. The fraction of sp³-hybridized carbons (Fsp3) is 0.368. The van der Waals surface area contributed by atoms with Gasteiger partial charge in [0, 0.05) is 6.54 Å². The molecule has 0 radical (unpaired) electrons. The van der Waals surface area contributed by atoms with Gasteiger partial charge in [-0.2, -0.15) is 0 Å². The van der Waals surface area contributed by atoms with Crippen molar-refractivity contribution in [3.8, 4) is 0 Å². The lowest BCUT2D eigenvalue weighted by Gasteiger charge is -2.22. The Hall–Kier alpha value is -3.16. The van der Waals surface area contributed by atoms with Gasteiger partial charge in [-0.3, -0.25) is 19.3 Å². The van der Waals surface area contributed by atoms with Crippen LogP contribution >= 0.6 is 0 Å². The van der Waals surface area contributed by atoms with Crippen LogP contribution in [-0.2, 0) is 24.7 Å². The number of aryl methyl sites for hydroxylation is 1. The van der Waals surface area contributed by atoms with Crippen molar-refractivity contribution >= 4 is 23.8 Å². The monoisotopic (exact) mass is 373 g/mol. The first kappa shape index (κ1) is 20.2. The van der Waals surface area contributed by atoms with Crippen LogP contribution in [0.25, 0.3) is 0 Å². The molecule has 1 aromatic rings. The topological polar surface area (TPSA) is 105 Å². The van der Waals surface area contributed by atoms with Crippen molar-refractivity contribution in [2.24, 2.45) is 0 Å². The van der Waals surface area contributed by atoms with Crippen molar-refractivity contribution in [1.29, 1.82) is 0 Å². The third-order valence-electron chi connectivity index (χ3n) is 4.29. The van der Waals surface area contributed by atoms with Crippen LogP contribution in [0.5, 0.6) is 0 Å². The average Bonchev–Trinajstić information content (AvgIpc) is 2.84. The summed E-state index contributed by atoms with van der Waals surface area (Å²) in [4.78, 5) is 49.6. The first-order valence-electron chi connectivity index (χ1n) is 8.48. The predicted octanol–water partition coefficient (Wildman–Crippen LogP) is 0.996. The Morgan fingerprint density at radius 1 is 1.33 bits per heavy atom. The minimum atomic E-state index is -1.27. The molecule has 1 aliphatic rings. The zero-order valence-corrected chi connectivity index (χ0v) is 15.6. The minimum Gasteiger partial charge on any atom is -0.451 e. The van der Waals surface area contributed by atoms with Gasteiger partial charge in [-0.05, 0) is 26.3 Å². The van der Waals surface area contributed by atoms with E-state index in [0.29, 0.717) is 5.56 Å². The molecule has 0 saturated carbocycles. The van der Waals surface area contributed by atoms with Gasteiger partial charge < -0.3 is 15.4 Å². The van der Waals surface area contributed by atoms with Crippen molar-refractivity contribution in [2.45, 2.75) is 32.4 Å². The first-order valence-corrected chi connectivity index (χ1v) is 8.48. The fourth-order valence-corrected chi connectivity index (χ4v) is 2.66. The standard InChI is InChI=1S/C19H23N3O5/c1-5-10-20-16(24)13(3)27-15(23)11-22-17(25)19(4,21-18(22)26)14-8-6-12(2)7-9-14/h5-9,13H,1,10-11H2,2-4H3,(H,20,24)(H,21,26)/t13-,19+/m1/s1. The summed E-state index contributed by atoms with van der Waals surface area (Å²) >= 11 is 0. The molecular formula is C19H23N3O5. The summed E-state index contributed by atoms with van der Waals surface area (Å²) in [5, 5.41) is 5.11. The smallest absolute Gasteiger partial charge is 0.327 e. The van der Waals surface area contributed by atoms with Gasteiger partial charge in [0.15, 0.2) is 6.10 Å². The van der Waals surface area contributed by atoms with Crippen LogP contribution in [0.3, 0.4) is 0 Å². The molecule has 8 heteroatoms. The summed E-state index contributed by atoms with van der Waals surface area (Å²) in [7, 11) is 0. The van der Waals surface area contributed by atoms with E-state index in [9.17, 15) is 19.2 Å². The Balaban J connectivity index is 2.04. The molecule has 144 valence electrons. The van der Waals surface area contributed by atoms with Crippen LogP contribution in [-0.4, -0.2) is 47.9 Å². The number of hydrogen-bond donors (Lipinski definition) is 2. The number of esters is 1. The Morgan fingerprint density at radius 3 is 2.56 bits per heavy atom. The SMILES string of the molecule is C=CCNC(=O)[C@@H](C)OC(=O)CN1C(=O)N[C@@](C)(c2ccc(C)cc2)C1=O. The van der Waals surface area contributed by atoms with Crippen molar-refractivity contribution in [3.05, 3.63) is 48.0 Å². The molecule has 27 heavy (non-hydrogen) atoms. The molecule has 0 aromatic heterocycles. The van der Waals surface area contributed by atoms with Crippen molar-refractivity contribution in [2.75, 3.05) is 13.1 Å². The molecule has 1 aromatic carbocycles. The van der Waals surface area contributed by atoms with E-state index < -0.39 is 42.0 Å². The third kappa shape index (κ3) is 4.33. The Morgan fingerprint density at radius 2 is 1.96 bits per heavy atom. The third-order valence-corrected chi connectivity index (χ3v) is 4.29. The number of rotatable bonds is 7. The Kier molecular flexibility index (Phi) is 5.99. The molecule has 0 aliphatic carbocycles. The molecule has 1 saturated heterocycles. The van der Waals surface area contributed by atoms with E-state index in [1.807, 2.05) is 19.1 Å². The van der Waals surface area contributed by atoms with Crippen molar-refractivity contribution in [1.82, 2.24) is 15.5 Å². The van der Waals surface area contributed by atoms with Crippen LogP contribution < -0.4 is 10.6 Å². The lowest BCUT2D eigenvalue weighted by molar-refractivity contribution is -0.156. The predicted molar refractivity (Wildman–Crippen MR) is 97.5 cm³/mol. The number of hydrogen-bond acceptors (Lipinski definition) is 5. The Labute approximate surface area is 157 Å². The van der Waals surface area contributed by atoms with Gasteiger partial charge in [0.25, 0.3) is 11.8 Å². The van der Waals surface area contributed by atoms with Gasteiger partial charge in [-0.25, -0.2) is 4.79 Å². The van der Waals surface area contributed by atoms with Crippen molar-refractivity contribution in [3.63, 3.8) is 0 Å². The zero-order chi connectivity index (χ0) is 20.2. The number of imide groups is 1. The quantitative estimate of drug-likeness (QED) is 0.421. The highest BCUT2D eigenvalue weighted by Gasteiger charge is 2.49. The second-order valence-electron chi connectivity index (χ2n) is 6.48. The molecule has 0 spiro atoms. The lowest BCUT2D eigenvalue weighted by atomic mass is 9.91. The van der Waals surface area contributed by atoms with Gasteiger partial charge in [-0.15, -0.1) is 6.58 Å². The van der Waals surface area contributed by atoms with Crippen LogP contribution in [0.2, 0.25) is 0 Å². The van der Waals surface area contributed by atoms with Gasteiger partial charge in [0.2, 0.25) is 0 Å². The number of ether oxygens (including phenoxy) is 1. The summed E-state index contributed by atoms with van der Waals surface area (Å²) in [5.41, 5.74) is 0.362. The number of benzene rings is 1. The molecule has 4 amide bonds. The van der Waals surface area contributed by atoms with E-state index in [0.717, 1.165) is 10.5 Å². The second kappa shape index (κ2) is 8.03. The van der Waals surface area contributed by atoms with E-state index in [2.05, 4.69) is 17.2 Å². The zero-order valence-electron chi connectivity index (χ0n) is 15.6.